The van der Waals surface area contributed by atoms with Crippen molar-refractivity contribution in [2.45, 2.75) is 19.3 Å². The fraction of sp³-hybridized carbons (Fsp3) is 0.375. The number of aromatic nitrogens is 1. The Hall–Kier alpha value is -1.70. The number of hydrogen-bond donors (Lipinski definition) is 2. The number of carbonyl (C=O) groups excluding carboxylic acids is 1. The third-order valence-electron chi connectivity index (χ3n) is 3.08. The van der Waals surface area contributed by atoms with Crippen LogP contribution in [0.2, 0.25) is 0 Å². The van der Waals surface area contributed by atoms with Crippen LogP contribution in [-0.4, -0.2) is 30.6 Å². The van der Waals surface area contributed by atoms with Gasteiger partial charge in [0, 0.05) is 18.3 Å². The maximum atomic E-state index is 12.7. The Morgan fingerprint density at radius 1 is 1.29 bits per heavy atom. The summed E-state index contributed by atoms with van der Waals surface area (Å²) in [4.78, 5) is 16.1. The molecule has 0 aliphatic rings. The van der Waals surface area contributed by atoms with Crippen LogP contribution in [-0.2, 0) is 6.42 Å². The first-order valence-electron chi connectivity index (χ1n) is 7.50. The van der Waals surface area contributed by atoms with Gasteiger partial charge in [0.1, 0.15) is 17.3 Å². The summed E-state index contributed by atoms with van der Waals surface area (Å²) in [5.41, 5.74) is 5.90. The largest absolute Gasteiger partial charge is 0.494 e. The standard InChI is InChI=1S/C16H20FN3O2S.ClH/c17-12-3-5-13(6-4-12)22-10-2-1-9-19-16(21)14-11-23-15(20-14)7-8-18;/h3-6,11H,1-2,7-10,18H2,(H,19,21);1H. The number of ether oxygens (including phenoxy) is 1. The molecule has 24 heavy (non-hydrogen) atoms. The predicted molar refractivity (Wildman–Crippen MR) is 95.6 cm³/mol. The number of rotatable bonds is 9. The molecule has 0 saturated heterocycles. The Labute approximate surface area is 150 Å². The molecule has 1 heterocycles. The fourth-order valence-corrected chi connectivity index (χ4v) is 2.69. The Balaban J connectivity index is 0.00000288. The maximum absolute atomic E-state index is 12.7. The highest BCUT2D eigenvalue weighted by atomic mass is 35.5. The van der Waals surface area contributed by atoms with Gasteiger partial charge in [0.2, 0.25) is 0 Å². The summed E-state index contributed by atoms with van der Waals surface area (Å²) in [6, 6.07) is 5.92. The SMILES string of the molecule is Cl.NCCc1nc(C(=O)NCCCCOc2ccc(F)cc2)cs1. The van der Waals surface area contributed by atoms with Crippen LogP contribution in [0, 0.1) is 5.82 Å². The summed E-state index contributed by atoms with van der Waals surface area (Å²) in [7, 11) is 0. The molecule has 5 nitrogen and oxygen atoms in total. The lowest BCUT2D eigenvalue weighted by atomic mass is 10.3. The third-order valence-corrected chi connectivity index (χ3v) is 3.99. The normalized spacial score (nSPS) is 10.1. The first-order chi connectivity index (χ1) is 11.2. The molecule has 1 amide bonds. The van der Waals surface area contributed by atoms with Crippen LogP contribution in [0.15, 0.2) is 29.6 Å². The molecular weight excluding hydrogens is 353 g/mol. The van der Waals surface area contributed by atoms with Gasteiger partial charge in [0.25, 0.3) is 5.91 Å². The molecule has 2 rings (SSSR count). The smallest absolute Gasteiger partial charge is 0.270 e. The average molecular weight is 374 g/mol. The molecule has 0 bridgehead atoms. The summed E-state index contributed by atoms with van der Waals surface area (Å²) < 4.78 is 18.2. The Morgan fingerprint density at radius 2 is 2.04 bits per heavy atom. The van der Waals surface area contributed by atoms with E-state index in [-0.39, 0.29) is 24.1 Å². The average Bonchev–Trinajstić information content (AvgIpc) is 3.01. The van der Waals surface area contributed by atoms with E-state index in [1.807, 2.05) is 0 Å². The molecular formula is C16H21ClFN3O2S. The Morgan fingerprint density at radius 3 is 2.75 bits per heavy atom. The van der Waals surface area contributed by atoms with E-state index in [0.717, 1.165) is 17.8 Å². The van der Waals surface area contributed by atoms with Crippen molar-refractivity contribution in [3.8, 4) is 5.75 Å². The van der Waals surface area contributed by atoms with Crippen LogP contribution in [0.25, 0.3) is 0 Å². The number of unbranched alkanes of at least 4 members (excludes halogenated alkanes) is 1. The van der Waals surface area contributed by atoms with E-state index in [2.05, 4.69) is 10.3 Å². The summed E-state index contributed by atoms with van der Waals surface area (Å²) in [5, 5.41) is 5.46. The molecule has 1 aromatic heterocycles. The fourth-order valence-electron chi connectivity index (χ4n) is 1.89. The molecule has 2 aromatic rings. The Kier molecular flexibility index (Phi) is 9.29. The van der Waals surface area contributed by atoms with E-state index in [1.54, 1.807) is 17.5 Å². The van der Waals surface area contributed by atoms with E-state index in [9.17, 15) is 9.18 Å². The van der Waals surface area contributed by atoms with Crippen molar-refractivity contribution < 1.29 is 13.9 Å². The second-order valence-electron chi connectivity index (χ2n) is 4.93. The topological polar surface area (TPSA) is 77.2 Å². The molecule has 0 aliphatic heterocycles. The van der Waals surface area contributed by atoms with Crippen LogP contribution in [0.1, 0.15) is 28.3 Å². The van der Waals surface area contributed by atoms with Gasteiger partial charge in [-0.1, -0.05) is 0 Å². The molecule has 0 fully saturated rings. The minimum absolute atomic E-state index is 0. The van der Waals surface area contributed by atoms with Crippen molar-refractivity contribution in [2.24, 2.45) is 5.73 Å². The van der Waals surface area contributed by atoms with Crippen LogP contribution in [0.3, 0.4) is 0 Å². The minimum Gasteiger partial charge on any atom is -0.494 e. The van der Waals surface area contributed by atoms with E-state index < -0.39 is 0 Å². The van der Waals surface area contributed by atoms with Crippen LogP contribution >= 0.6 is 23.7 Å². The van der Waals surface area contributed by atoms with Crippen molar-refractivity contribution in [3.63, 3.8) is 0 Å². The van der Waals surface area contributed by atoms with Crippen molar-refractivity contribution in [2.75, 3.05) is 19.7 Å². The zero-order chi connectivity index (χ0) is 16.5. The number of nitrogens with zero attached hydrogens (tertiary/aromatic N) is 1. The van der Waals surface area contributed by atoms with Crippen LogP contribution in [0.4, 0.5) is 4.39 Å². The molecule has 132 valence electrons. The zero-order valence-electron chi connectivity index (χ0n) is 13.2. The monoisotopic (exact) mass is 373 g/mol. The molecule has 0 radical (unpaired) electrons. The van der Waals surface area contributed by atoms with Gasteiger partial charge in [0.15, 0.2) is 0 Å². The van der Waals surface area contributed by atoms with E-state index in [0.29, 0.717) is 37.6 Å². The highest BCUT2D eigenvalue weighted by Crippen LogP contribution is 2.12. The van der Waals surface area contributed by atoms with Crippen molar-refractivity contribution >= 4 is 29.7 Å². The summed E-state index contributed by atoms with van der Waals surface area (Å²) in [5.74, 6) is 0.200. The third kappa shape index (κ3) is 6.82. The molecule has 3 N–H and O–H groups in total. The highest BCUT2D eigenvalue weighted by molar-refractivity contribution is 7.09. The number of amides is 1. The molecule has 0 saturated carbocycles. The second kappa shape index (κ2) is 11.0. The zero-order valence-corrected chi connectivity index (χ0v) is 14.8. The van der Waals surface area contributed by atoms with Crippen molar-refractivity contribution in [1.82, 2.24) is 10.3 Å². The van der Waals surface area contributed by atoms with Gasteiger partial charge in [0.05, 0.1) is 11.6 Å². The van der Waals surface area contributed by atoms with Crippen molar-refractivity contribution in [3.05, 3.63) is 46.2 Å². The van der Waals surface area contributed by atoms with Gasteiger partial charge < -0.3 is 15.8 Å². The number of carbonyl (C=O) groups is 1. The summed E-state index contributed by atoms with van der Waals surface area (Å²) in [6.07, 6.45) is 2.29. The van der Waals surface area contributed by atoms with E-state index in [1.165, 1.54) is 23.5 Å². The van der Waals surface area contributed by atoms with Gasteiger partial charge in [-0.05, 0) is 43.7 Å². The van der Waals surface area contributed by atoms with Crippen LogP contribution < -0.4 is 15.8 Å². The minimum atomic E-state index is -0.281. The van der Waals surface area contributed by atoms with Gasteiger partial charge in [-0.25, -0.2) is 9.37 Å². The quantitative estimate of drug-likeness (QED) is 0.662. The van der Waals surface area contributed by atoms with Crippen molar-refractivity contribution in [1.29, 1.82) is 0 Å². The Bertz CT molecular complexity index is 622. The van der Waals surface area contributed by atoms with Gasteiger partial charge in [-0.15, -0.1) is 23.7 Å². The summed E-state index contributed by atoms with van der Waals surface area (Å²) >= 11 is 1.45. The number of nitrogens with two attached hydrogens (primary N) is 1. The highest BCUT2D eigenvalue weighted by Gasteiger charge is 2.09. The predicted octanol–water partition coefficient (Wildman–Crippen LogP) is 2.79. The molecule has 1 aromatic carbocycles. The number of halogens is 2. The van der Waals surface area contributed by atoms with E-state index >= 15 is 0 Å². The lowest BCUT2D eigenvalue weighted by Crippen LogP contribution is -2.25. The molecule has 0 spiro atoms. The lowest BCUT2D eigenvalue weighted by molar-refractivity contribution is 0.0948. The molecule has 8 heteroatoms. The number of hydrogen-bond acceptors (Lipinski definition) is 5. The molecule has 0 atom stereocenters. The van der Waals surface area contributed by atoms with E-state index in [4.69, 9.17) is 10.5 Å². The number of thiazole rings is 1. The van der Waals surface area contributed by atoms with Gasteiger partial charge in [-0.3, -0.25) is 4.79 Å². The molecule has 0 aliphatic carbocycles. The van der Waals surface area contributed by atoms with Crippen LogP contribution in [0.5, 0.6) is 5.75 Å². The summed E-state index contributed by atoms with van der Waals surface area (Å²) in [6.45, 7) is 1.62. The second-order valence-corrected chi connectivity index (χ2v) is 5.87. The first kappa shape index (κ1) is 20.3. The first-order valence-corrected chi connectivity index (χ1v) is 8.38. The lowest BCUT2D eigenvalue weighted by Gasteiger charge is -2.06. The van der Waals surface area contributed by atoms with Gasteiger partial charge >= 0.3 is 0 Å². The molecule has 0 unspecified atom stereocenters. The maximum Gasteiger partial charge on any atom is 0.270 e. The number of nitrogens with one attached hydrogen (secondary N) is 1. The number of benzene rings is 1. The van der Waals surface area contributed by atoms with Gasteiger partial charge in [-0.2, -0.15) is 0 Å².